The molecule has 0 amide bonds. The molecule has 0 saturated heterocycles. The molecular formula is C13H23N3. The average Bonchev–Trinajstić information content (AvgIpc) is 2.28. The molecule has 0 aliphatic carbocycles. The third-order valence-electron chi connectivity index (χ3n) is 2.79. The maximum atomic E-state index is 5.63. The molecule has 0 aliphatic heterocycles. The largest absolute Gasteiger partial charge is 0.378 e. The molecule has 3 nitrogen and oxygen atoms in total. The van der Waals surface area contributed by atoms with Gasteiger partial charge in [0, 0.05) is 39.1 Å². The van der Waals surface area contributed by atoms with Gasteiger partial charge in [-0.15, -0.1) is 0 Å². The van der Waals surface area contributed by atoms with E-state index in [1.165, 1.54) is 11.4 Å². The summed E-state index contributed by atoms with van der Waals surface area (Å²) in [5.74, 6) is 0.526. The van der Waals surface area contributed by atoms with Gasteiger partial charge in [0.15, 0.2) is 0 Å². The van der Waals surface area contributed by atoms with Gasteiger partial charge in [0.05, 0.1) is 0 Å². The summed E-state index contributed by atoms with van der Waals surface area (Å²) in [5, 5.41) is 0. The molecule has 0 spiro atoms. The highest BCUT2D eigenvalue weighted by atomic mass is 15.1. The van der Waals surface area contributed by atoms with Gasteiger partial charge < -0.3 is 15.5 Å². The van der Waals surface area contributed by atoms with Crippen molar-refractivity contribution in [3.05, 3.63) is 24.3 Å². The van der Waals surface area contributed by atoms with E-state index in [1.807, 2.05) is 0 Å². The van der Waals surface area contributed by atoms with Crippen LogP contribution in [0.5, 0.6) is 0 Å². The van der Waals surface area contributed by atoms with Crippen LogP contribution in [0.3, 0.4) is 0 Å². The first-order valence-corrected chi connectivity index (χ1v) is 5.73. The number of hydrogen-bond donors (Lipinski definition) is 1. The minimum Gasteiger partial charge on any atom is -0.378 e. The van der Waals surface area contributed by atoms with Crippen LogP contribution >= 0.6 is 0 Å². The second-order valence-corrected chi connectivity index (χ2v) is 4.63. The van der Waals surface area contributed by atoms with E-state index in [4.69, 9.17) is 5.73 Å². The molecule has 0 radical (unpaired) electrons. The van der Waals surface area contributed by atoms with Crippen molar-refractivity contribution in [1.29, 1.82) is 0 Å². The third kappa shape index (κ3) is 3.42. The van der Waals surface area contributed by atoms with Crippen LogP contribution in [0.15, 0.2) is 24.3 Å². The van der Waals surface area contributed by atoms with Crippen LogP contribution in [0, 0.1) is 5.92 Å². The summed E-state index contributed by atoms with van der Waals surface area (Å²) >= 11 is 0. The Morgan fingerprint density at radius 2 is 1.56 bits per heavy atom. The average molecular weight is 221 g/mol. The molecule has 0 saturated carbocycles. The molecule has 1 aromatic carbocycles. The second kappa shape index (κ2) is 5.75. The zero-order chi connectivity index (χ0) is 12.1. The molecule has 0 fully saturated rings. The van der Waals surface area contributed by atoms with Gasteiger partial charge in [0.25, 0.3) is 0 Å². The van der Waals surface area contributed by atoms with E-state index in [9.17, 15) is 0 Å². The molecule has 0 aliphatic rings. The fourth-order valence-corrected chi connectivity index (χ4v) is 1.65. The summed E-state index contributed by atoms with van der Waals surface area (Å²) in [6.07, 6.45) is 0. The first-order valence-electron chi connectivity index (χ1n) is 5.73. The zero-order valence-corrected chi connectivity index (χ0v) is 10.8. The van der Waals surface area contributed by atoms with Crippen molar-refractivity contribution in [2.45, 2.75) is 6.92 Å². The quantitative estimate of drug-likeness (QED) is 0.822. The summed E-state index contributed by atoms with van der Waals surface area (Å²) in [4.78, 5) is 4.35. The first kappa shape index (κ1) is 12.8. The van der Waals surface area contributed by atoms with Crippen LogP contribution in [0.4, 0.5) is 11.4 Å². The molecule has 16 heavy (non-hydrogen) atoms. The zero-order valence-electron chi connectivity index (χ0n) is 10.8. The molecule has 0 aromatic heterocycles. The number of benzene rings is 1. The SMILES string of the molecule is CC(CN)CN(C)c1ccc(N(C)C)cc1. The summed E-state index contributed by atoms with van der Waals surface area (Å²) in [6.45, 7) is 3.91. The van der Waals surface area contributed by atoms with Crippen molar-refractivity contribution in [3.63, 3.8) is 0 Å². The number of anilines is 2. The van der Waals surface area contributed by atoms with E-state index in [1.54, 1.807) is 0 Å². The Balaban J connectivity index is 2.66. The summed E-state index contributed by atoms with van der Waals surface area (Å²) < 4.78 is 0. The van der Waals surface area contributed by atoms with Gasteiger partial charge in [-0.1, -0.05) is 6.92 Å². The van der Waals surface area contributed by atoms with Gasteiger partial charge >= 0.3 is 0 Å². The minimum absolute atomic E-state index is 0.526. The molecule has 1 rings (SSSR count). The van der Waals surface area contributed by atoms with E-state index < -0.39 is 0 Å². The molecule has 3 heteroatoms. The van der Waals surface area contributed by atoms with Crippen LogP contribution in [-0.2, 0) is 0 Å². The van der Waals surface area contributed by atoms with Crippen LogP contribution < -0.4 is 15.5 Å². The lowest BCUT2D eigenvalue weighted by molar-refractivity contribution is 0.590. The molecule has 2 N–H and O–H groups in total. The topological polar surface area (TPSA) is 32.5 Å². The number of nitrogens with two attached hydrogens (primary N) is 1. The number of hydrogen-bond acceptors (Lipinski definition) is 3. The smallest absolute Gasteiger partial charge is 0.0365 e. The number of rotatable bonds is 5. The van der Waals surface area contributed by atoms with Crippen molar-refractivity contribution < 1.29 is 0 Å². The Bertz CT molecular complexity index is 305. The van der Waals surface area contributed by atoms with Crippen molar-refractivity contribution in [3.8, 4) is 0 Å². The highest BCUT2D eigenvalue weighted by molar-refractivity contribution is 5.55. The van der Waals surface area contributed by atoms with Crippen LogP contribution in [-0.4, -0.2) is 34.2 Å². The maximum absolute atomic E-state index is 5.63. The van der Waals surface area contributed by atoms with Crippen molar-refractivity contribution in [2.75, 3.05) is 44.0 Å². The van der Waals surface area contributed by atoms with Gasteiger partial charge in [-0.05, 0) is 36.7 Å². The van der Waals surface area contributed by atoms with Crippen molar-refractivity contribution in [2.24, 2.45) is 11.7 Å². The molecular weight excluding hydrogens is 198 g/mol. The van der Waals surface area contributed by atoms with E-state index in [2.05, 4.69) is 62.1 Å². The Morgan fingerprint density at radius 3 is 2.00 bits per heavy atom. The van der Waals surface area contributed by atoms with Gasteiger partial charge in [-0.3, -0.25) is 0 Å². The first-order chi connectivity index (χ1) is 7.54. The van der Waals surface area contributed by atoms with Gasteiger partial charge in [-0.2, -0.15) is 0 Å². The maximum Gasteiger partial charge on any atom is 0.0365 e. The predicted molar refractivity (Wildman–Crippen MR) is 72.3 cm³/mol. The van der Waals surface area contributed by atoms with Gasteiger partial charge in [-0.25, -0.2) is 0 Å². The standard InChI is InChI=1S/C13H23N3/c1-11(9-14)10-16(4)13-7-5-12(6-8-13)15(2)3/h5-8,11H,9-10,14H2,1-4H3. The van der Waals surface area contributed by atoms with E-state index in [0.29, 0.717) is 5.92 Å². The van der Waals surface area contributed by atoms with Gasteiger partial charge in [0.1, 0.15) is 0 Å². The molecule has 1 aromatic rings. The molecule has 0 bridgehead atoms. The van der Waals surface area contributed by atoms with E-state index >= 15 is 0 Å². The molecule has 0 heterocycles. The molecule has 1 unspecified atom stereocenters. The molecule has 1 atom stereocenters. The van der Waals surface area contributed by atoms with Crippen LogP contribution in [0.1, 0.15) is 6.92 Å². The van der Waals surface area contributed by atoms with Crippen LogP contribution in [0.25, 0.3) is 0 Å². The lowest BCUT2D eigenvalue weighted by Crippen LogP contribution is -2.28. The van der Waals surface area contributed by atoms with Crippen molar-refractivity contribution in [1.82, 2.24) is 0 Å². The monoisotopic (exact) mass is 221 g/mol. The molecule has 90 valence electrons. The Labute approximate surface area is 98.8 Å². The van der Waals surface area contributed by atoms with E-state index in [0.717, 1.165) is 13.1 Å². The Morgan fingerprint density at radius 1 is 1.06 bits per heavy atom. The fourth-order valence-electron chi connectivity index (χ4n) is 1.65. The summed E-state index contributed by atoms with van der Waals surface area (Å²) in [6, 6.07) is 8.58. The van der Waals surface area contributed by atoms with Crippen LogP contribution in [0.2, 0.25) is 0 Å². The summed E-state index contributed by atoms with van der Waals surface area (Å²) in [7, 11) is 6.21. The van der Waals surface area contributed by atoms with E-state index in [-0.39, 0.29) is 0 Å². The van der Waals surface area contributed by atoms with Crippen molar-refractivity contribution >= 4 is 11.4 Å². The third-order valence-corrected chi connectivity index (χ3v) is 2.79. The fraction of sp³-hybridized carbons (Fsp3) is 0.538. The Kier molecular flexibility index (Phi) is 4.62. The number of nitrogens with zero attached hydrogens (tertiary/aromatic N) is 2. The lowest BCUT2D eigenvalue weighted by atomic mass is 10.1. The second-order valence-electron chi connectivity index (χ2n) is 4.63. The minimum atomic E-state index is 0.526. The summed E-state index contributed by atoms with van der Waals surface area (Å²) in [5.41, 5.74) is 8.10. The highest BCUT2D eigenvalue weighted by Crippen LogP contribution is 2.19. The lowest BCUT2D eigenvalue weighted by Gasteiger charge is -2.23. The van der Waals surface area contributed by atoms with Gasteiger partial charge in [0.2, 0.25) is 0 Å². The predicted octanol–water partition coefficient (Wildman–Crippen LogP) is 1.78. The Hall–Kier alpha value is -1.22. The highest BCUT2D eigenvalue weighted by Gasteiger charge is 2.05. The normalized spacial score (nSPS) is 12.3.